The zero-order valence-electron chi connectivity index (χ0n) is 35.0. The number of hydrogen-bond donors (Lipinski definition) is 2. The molecule has 0 spiro atoms. The molecule has 2 aliphatic carbocycles. The Kier molecular flexibility index (Phi) is 14.6. The second kappa shape index (κ2) is 20.4. The quantitative estimate of drug-likeness (QED) is 0.0514. The lowest BCUT2D eigenvalue weighted by Crippen LogP contribution is -2.70. The summed E-state index contributed by atoms with van der Waals surface area (Å²) in [5.74, 6) is 0.302. The van der Waals surface area contributed by atoms with Gasteiger partial charge in [-0.3, -0.25) is 4.90 Å². The standard InChI is InChI=1S/C50H60N2O8/c1-4-26-52(49(55)56-6-3)46-33-44(51-58-34-35-16-8-7-9-17-35)42-31-38(20-12-14-27-53)41(21-13-15-28-54)47-43-32-40(59-39-23-22-36-18-10-11-19-37(36)30-39)24-25-45(43)60-50(46,48(42)47)57-29-5-2/h5,7-11,16-19,22-25,30-32,38,41,46-48,53-54H,2,4,6,12-15,20-21,26-29,33-34H2,1,3H3. The predicted molar refractivity (Wildman–Crippen MR) is 234 cm³/mol. The van der Waals surface area contributed by atoms with E-state index in [-0.39, 0.29) is 50.8 Å². The number of aliphatic hydroxyl groups excluding tert-OH is 2. The zero-order chi connectivity index (χ0) is 41.9. The lowest BCUT2D eigenvalue weighted by molar-refractivity contribution is -0.255. The summed E-state index contributed by atoms with van der Waals surface area (Å²) in [5, 5.41) is 27.0. The molecule has 3 aliphatic rings. The Labute approximate surface area is 354 Å². The van der Waals surface area contributed by atoms with Gasteiger partial charge in [0.15, 0.2) is 0 Å². The molecule has 2 N–H and O–H groups in total. The van der Waals surface area contributed by atoms with Crippen LogP contribution in [0.15, 0.2) is 120 Å². The number of allylic oxidation sites excluding steroid dienone is 1. The molecule has 6 atom stereocenters. The first-order chi connectivity index (χ1) is 29.4. The van der Waals surface area contributed by atoms with Crippen LogP contribution in [0.2, 0.25) is 0 Å². The Morgan fingerprint density at radius 3 is 2.40 bits per heavy atom. The molecule has 10 heteroatoms. The maximum atomic E-state index is 14.1. The van der Waals surface area contributed by atoms with Gasteiger partial charge in [-0.1, -0.05) is 97.7 Å². The van der Waals surface area contributed by atoms with Gasteiger partial charge in [0.1, 0.15) is 29.9 Å². The maximum Gasteiger partial charge on any atom is 0.410 e. The summed E-state index contributed by atoms with van der Waals surface area (Å²) in [7, 11) is 0. The molecule has 4 aromatic carbocycles. The molecule has 318 valence electrons. The van der Waals surface area contributed by atoms with Crippen molar-refractivity contribution in [2.24, 2.45) is 22.9 Å². The van der Waals surface area contributed by atoms with E-state index in [2.05, 4.69) is 43.0 Å². The summed E-state index contributed by atoms with van der Waals surface area (Å²) < 4.78 is 26.8. The number of benzene rings is 4. The largest absolute Gasteiger partial charge is 0.459 e. The normalized spacial score (nSPS) is 23.5. The molecule has 1 saturated carbocycles. The summed E-state index contributed by atoms with van der Waals surface area (Å²) in [4.78, 5) is 22.1. The van der Waals surface area contributed by atoms with Crippen molar-refractivity contribution in [2.45, 2.75) is 89.6 Å². The fourth-order valence-corrected chi connectivity index (χ4v) is 9.66. The Hall–Kier alpha value is -5.16. The van der Waals surface area contributed by atoms with Gasteiger partial charge >= 0.3 is 6.09 Å². The third-order valence-corrected chi connectivity index (χ3v) is 12.2. The molecule has 1 aliphatic heterocycles. The highest BCUT2D eigenvalue weighted by atomic mass is 16.7. The van der Waals surface area contributed by atoms with Gasteiger partial charge < -0.3 is 34.0 Å². The van der Waals surface area contributed by atoms with Crippen LogP contribution in [-0.2, 0) is 20.9 Å². The summed E-state index contributed by atoms with van der Waals surface area (Å²) in [6.45, 7) is 9.22. The van der Waals surface area contributed by atoms with Gasteiger partial charge in [-0.25, -0.2) is 4.79 Å². The number of carbonyl (C=O) groups excluding carboxylic acids is 1. The minimum atomic E-state index is -1.36. The van der Waals surface area contributed by atoms with Gasteiger partial charge in [0.2, 0.25) is 5.79 Å². The van der Waals surface area contributed by atoms with Crippen LogP contribution in [0.3, 0.4) is 0 Å². The van der Waals surface area contributed by atoms with Crippen LogP contribution in [0.1, 0.15) is 82.3 Å². The number of carbonyl (C=O) groups is 1. The van der Waals surface area contributed by atoms with Crippen molar-refractivity contribution >= 4 is 22.6 Å². The Morgan fingerprint density at radius 2 is 1.65 bits per heavy atom. The topological polar surface area (TPSA) is 119 Å². The molecule has 1 heterocycles. The highest BCUT2D eigenvalue weighted by Gasteiger charge is 2.65. The lowest BCUT2D eigenvalue weighted by atomic mass is 9.55. The third kappa shape index (κ3) is 9.26. The highest BCUT2D eigenvalue weighted by Crippen LogP contribution is 2.62. The van der Waals surface area contributed by atoms with E-state index in [1.807, 2.05) is 74.5 Å². The van der Waals surface area contributed by atoms with Gasteiger partial charge in [-0.2, -0.15) is 0 Å². The summed E-state index contributed by atoms with van der Waals surface area (Å²) in [5.41, 5.74) is 3.71. The number of aliphatic hydroxyl groups is 2. The maximum absolute atomic E-state index is 14.1. The number of nitrogens with zero attached hydrogens (tertiary/aromatic N) is 2. The van der Waals surface area contributed by atoms with Crippen LogP contribution >= 0.6 is 0 Å². The summed E-state index contributed by atoms with van der Waals surface area (Å²) >= 11 is 0. The van der Waals surface area contributed by atoms with Crippen LogP contribution in [0.4, 0.5) is 4.79 Å². The molecule has 1 amide bonds. The minimum Gasteiger partial charge on any atom is -0.459 e. The molecule has 6 unspecified atom stereocenters. The van der Waals surface area contributed by atoms with Crippen molar-refractivity contribution in [3.05, 3.63) is 126 Å². The number of hydrogen-bond acceptors (Lipinski definition) is 9. The van der Waals surface area contributed by atoms with E-state index in [0.717, 1.165) is 64.6 Å². The average molecular weight is 817 g/mol. The van der Waals surface area contributed by atoms with Crippen molar-refractivity contribution in [2.75, 3.05) is 33.0 Å². The molecule has 7 rings (SSSR count). The van der Waals surface area contributed by atoms with Gasteiger partial charge in [0, 0.05) is 37.7 Å². The van der Waals surface area contributed by atoms with Crippen LogP contribution in [-0.4, -0.2) is 71.7 Å². The highest BCUT2D eigenvalue weighted by molar-refractivity contribution is 6.03. The molecule has 4 aromatic rings. The zero-order valence-corrected chi connectivity index (χ0v) is 35.0. The molecule has 0 radical (unpaired) electrons. The van der Waals surface area contributed by atoms with Crippen molar-refractivity contribution in [3.8, 4) is 17.2 Å². The van der Waals surface area contributed by atoms with Crippen LogP contribution in [0, 0.1) is 17.8 Å². The van der Waals surface area contributed by atoms with Crippen LogP contribution in [0.25, 0.3) is 10.8 Å². The van der Waals surface area contributed by atoms with E-state index >= 15 is 0 Å². The number of unbranched alkanes of at least 4 members (excludes halogenated alkanes) is 2. The van der Waals surface area contributed by atoms with Gasteiger partial charge in [0.05, 0.1) is 24.8 Å². The molecule has 60 heavy (non-hydrogen) atoms. The van der Waals surface area contributed by atoms with E-state index in [1.165, 1.54) is 0 Å². The molecule has 10 nitrogen and oxygen atoms in total. The molecule has 0 aromatic heterocycles. The number of fused-ring (bicyclic) bond motifs is 3. The Balaban J connectivity index is 1.42. The van der Waals surface area contributed by atoms with Crippen LogP contribution < -0.4 is 9.47 Å². The fraction of sp³-hybridized carbons (Fsp3) is 0.440. The Morgan fingerprint density at radius 1 is 0.917 bits per heavy atom. The first-order valence-electron chi connectivity index (χ1n) is 21.8. The predicted octanol–water partition coefficient (Wildman–Crippen LogP) is 10.3. The third-order valence-electron chi connectivity index (χ3n) is 12.2. The Bertz CT molecular complexity index is 2120. The van der Waals surface area contributed by atoms with E-state index in [1.54, 1.807) is 11.0 Å². The number of oxime groups is 1. The number of rotatable bonds is 20. The van der Waals surface area contributed by atoms with Crippen LogP contribution in [0.5, 0.6) is 17.2 Å². The first kappa shape index (κ1) is 42.9. The number of amides is 1. The smallest absolute Gasteiger partial charge is 0.410 e. The van der Waals surface area contributed by atoms with Gasteiger partial charge in [-0.05, 0) is 103 Å². The summed E-state index contributed by atoms with van der Waals surface area (Å²) in [6, 6.07) is 29.7. The van der Waals surface area contributed by atoms with E-state index in [4.69, 9.17) is 28.9 Å². The van der Waals surface area contributed by atoms with E-state index in [0.29, 0.717) is 43.7 Å². The molecule has 1 fully saturated rings. The van der Waals surface area contributed by atoms with Crippen molar-refractivity contribution < 1.29 is 38.8 Å². The SMILES string of the molecule is C=CCOC12Oc3ccc(Oc4ccc5ccccc5c4)cc3C3C(CCCCO)C(CCCCO)C=C(C(=NOCc4ccccc4)CC1N(CCC)C(=O)OCC)C32. The first-order valence-corrected chi connectivity index (χ1v) is 21.8. The van der Waals surface area contributed by atoms with E-state index in [9.17, 15) is 15.0 Å². The second-order valence-electron chi connectivity index (χ2n) is 16.0. The molecular formula is C50H60N2O8. The monoisotopic (exact) mass is 816 g/mol. The molecule has 0 bridgehead atoms. The molecule has 0 saturated heterocycles. The minimum absolute atomic E-state index is 0.0849. The van der Waals surface area contributed by atoms with Gasteiger partial charge in [0.25, 0.3) is 0 Å². The second-order valence-corrected chi connectivity index (χ2v) is 16.0. The van der Waals surface area contributed by atoms with E-state index < -0.39 is 23.8 Å². The summed E-state index contributed by atoms with van der Waals surface area (Å²) in [6.07, 6.45) is 9.36. The van der Waals surface area contributed by atoms with Crippen molar-refractivity contribution in [3.63, 3.8) is 0 Å². The fourth-order valence-electron chi connectivity index (χ4n) is 9.66. The molecular weight excluding hydrogens is 757 g/mol. The van der Waals surface area contributed by atoms with Crippen molar-refractivity contribution in [1.82, 2.24) is 4.90 Å². The lowest BCUT2D eigenvalue weighted by Gasteiger charge is -2.59. The van der Waals surface area contributed by atoms with Crippen molar-refractivity contribution in [1.29, 1.82) is 0 Å². The number of ether oxygens (including phenoxy) is 4. The average Bonchev–Trinajstić information content (AvgIpc) is 3.27. The van der Waals surface area contributed by atoms with Gasteiger partial charge in [-0.15, -0.1) is 6.58 Å².